The molecule has 26 heavy (non-hydrogen) atoms. The number of halogens is 2. The first-order valence-corrected chi connectivity index (χ1v) is 8.27. The number of anilines is 1. The fourth-order valence-corrected chi connectivity index (χ4v) is 2.21. The molecule has 0 aliphatic carbocycles. The second-order valence-electron chi connectivity index (χ2n) is 5.56. The molecule has 2 rings (SSSR count). The van der Waals surface area contributed by atoms with Gasteiger partial charge in [0.15, 0.2) is 11.9 Å². The van der Waals surface area contributed by atoms with Crippen LogP contribution in [0.15, 0.2) is 48.5 Å². The summed E-state index contributed by atoms with van der Waals surface area (Å²) >= 11 is 5.76. The molecule has 0 spiro atoms. The lowest BCUT2D eigenvalue weighted by molar-refractivity contribution is -0.153. The van der Waals surface area contributed by atoms with Gasteiger partial charge in [0.2, 0.25) is 0 Å². The Bertz CT molecular complexity index is 790. The SMILES string of the molecule is C[C@@H](OC(=O)CCC(=O)c1ccc(F)cc1)C(=O)Nc1ccc(Cl)cc1. The average Bonchev–Trinajstić information content (AvgIpc) is 2.62. The van der Waals surface area contributed by atoms with Crippen LogP contribution in [-0.4, -0.2) is 23.8 Å². The van der Waals surface area contributed by atoms with Gasteiger partial charge in [-0.25, -0.2) is 4.39 Å². The zero-order valence-electron chi connectivity index (χ0n) is 14.0. The summed E-state index contributed by atoms with van der Waals surface area (Å²) in [5.41, 5.74) is 0.835. The fourth-order valence-electron chi connectivity index (χ4n) is 2.08. The van der Waals surface area contributed by atoms with Crippen molar-refractivity contribution in [3.05, 3.63) is 64.9 Å². The lowest BCUT2D eigenvalue weighted by Gasteiger charge is -2.13. The molecule has 0 saturated heterocycles. The number of hydrogen-bond donors (Lipinski definition) is 1. The van der Waals surface area contributed by atoms with E-state index in [1.165, 1.54) is 31.2 Å². The van der Waals surface area contributed by atoms with Gasteiger partial charge in [-0.15, -0.1) is 0 Å². The number of amides is 1. The zero-order valence-corrected chi connectivity index (χ0v) is 14.8. The van der Waals surface area contributed by atoms with Crippen molar-refractivity contribution in [2.24, 2.45) is 0 Å². The van der Waals surface area contributed by atoms with E-state index in [-0.39, 0.29) is 18.6 Å². The second-order valence-corrected chi connectivity index (χ2v) is 5.99. The van der Waals surface area contributed by atoms with Gasteiger partial charge in [0.25, 0.3) is 5.91 Å². The smallest absolute Gasteiger partial charge is 0.307 e. The first-order chi connectivity index (χ1) is 12.3. The Morgan fingerprint density at radius 3 is 2.27 bits per heavy atom. The Labute approximate surface area is 155 Å². The van der Waals surface area contributed by atoms with Crippen molar-refractivity contribution in [3.63, 3.8) is 0 Å². The summed E-state index contributed by atoms with van der Waals surface area (Å²) in [6.45, 7) is 1.44. The van der Waals surface area contributed by atoms with Crippen LogP contribution in [0.2, 0.25) is 5.02 Å². The third kappa shape index (κ3) is 5.97. The number of rotatable bonds is 7. The van der Waals surface area contributed by atoms with Gasteiger partial charge in [-0.1, -0.05) is 11.6 Å². The maximum atomic E-state index is 12.8. The molecule has 0 radical (unpaired) electrons. The molecule has 1 N–H and O–H groups in total. The monoisotopic (exact) mass is 377 g/mol. The van der Waals surface area contributed by atoms with Gasteiger partial charge >= 0.3 is 5.97 Å². The van der Waals surface area contributed by atoms with Crippen molar-refractivity contribution in [2.45, 2.75) is 25.9 Å². The summed E-state index contributed by atoms with van der Waals surface area (Å²) in [6.07, 6.45) is -1.27. The molecule has 2 aromatic rings. The molecule has 1 atom stereocenters. The average molecular weight is 378 g/mol. The highest BCUT2D eigenvalue weighted by molar-refractivity contribution is 6.30. The zero-order chi connectivity index (χ0) is 19.1. The predicted octanol–water partition coefficient (Wildman–Crippen LogP) is 4.01. The molecule has 0 aliphatic heterocycles. The topological polar surface area (TPSA) is 72.5 Å². The van der Waals surface area contributed by atoms with E-state index in [0.29, 0.717) is 16.3 Å². The van der Waals surface area contributed by atoms with Crippen molar-refractivity contribution < 1.29 is 23.5 Å². The van der Waals surface area contributed by atoms with Crippen LogP contribution >= 0.6 is 11.6 Å². The number of hydrogen-bond acceptors (Lipinski definition) is 4. The van der Waals surface area contributed by atoms with E-state index in [1.807, 2.05) is 0 Å². The molecule has 0 bridgehead atoms. The van der Waals surface area contributed by atoms with E-state index in [1.54, 1.807) is 24.3 Å². The summed E-state index contributed by atoms with van der Waals surface area (Å²) < 4.78 is 17.9. The van der Waals surface area contributed by atoms with E-state index >= 15 is 0 Å². The van der Waals surface area contributed by atoms with Crippen LogP contribution in [0.3, 0.4) is 0 Å². The molecule has 5 nitrogen and oxygen atoms in total. The van der Waals surface area contributed by atoms with E-state index in [4.69, 9.17) is 16.3 Å². The number of ether oxygens (including phenoxy) is 1. The molecule has 0 saturated carbocycles. The third-order valence-electron chi connectivity index (χ3n) is 3.51. The van der Waals surface area contributed by atoms with Crippen LogP contribution < -0.4 is 5.32 Å². The van der Waals surface area contributed by atoms with E-state index in [2.05, 4.69) is 5.32 Å². The molecule has 0 aliphatic rings. The Balaban J connectivity index is 1.79. The van der Waals surface area contributed by atoms with Crippen molar-refractivity contribution >= 4 is 34.9 Å². The van der Waals surface area contributed by atoms with Crippen molar-refractivity contribution in [2.75, 3.05) is 5.32 Å². The summed E-state index contributed by atoms with van der Waals surface area (Å²) in [4.78, 5) is 35.7. The maximum Gasteiger partial charge on any atom is 0.307 e. The number of carbonyl (C=O) groups is 3. The molecule has 136 valence electrons. The highest BCUT2D eigenvalue weighted by Gasteiger charge is 2.19. The van der Waals surface area contributed by atoms with Gasteiger partial charge in [0.1, 0.15) is 5.82 Å². The minimum Gasteiger partial charge on any atom is -0.453 e. The summed E-state index contributed by atoms with van der Waals surface area (Å²) in [5, 5.41) is 3.13. The lowest BCUT2D eigenvalue weighted by Crippen LogP contribution is -2.30. The first-order valence-electron chi connectivity index (χ1n) is 7.90. The first kappa shape index (κ1) is 19.6. The van der Waals surface area contributed by atoms with E-state index in [0.717, 1.165) is 0 Å². The number of carbonyl (C=O) groups excluding carboxylic acids is 3. The molecular weight excluding hydrogens is 361 g/mol. The number of ketones is 1. The van der Waals surface area contributed by atoms with Crippen molar-refractivity contribution in [1.82, 2.24) is 0 Å². The summed E-state index contributed by atoms with van der Waals surface area (Å²) in [6, 6.07) is 11.5. The minimum absolute atomic E-state index is 0.0873. The van der Waals surface area contributed by atoms with Crippen LogP contribution in [0.4, 0.5) is 10.1 Å². The molecule has 0 unspecified atom stereocenters. The minimum atomic E-state index is -1.01. The Kier molecular flexibility index (Phi) is 6.86. The molecule has 0 fully saturated rings. The lowest BCUT2D eigenvalue weighted by atomic mass is 10.1. The highest BCUT2D eigenvalue weighted by atomic mass is 35.5. The molecular formula is C19H17ClFNO4. The van der Waals surface area contributed by atoms with Gasteiger partial charge in [-0.3, -0.25) is 14.4 Å². The Morgan fingerprint density at radius 1 is 1.04 bits per heavy atom. The van der Waals surface area contributed by atoms with Gasteiger partial charge < -0.3 is 10.1 Å². The predicted molar refractivity (Wildman–Crippen MR) is 95.6 cm³/mol. The van der Waals surface area contributed by atoms with Crippen LogP contribution in [0.1, 0.15) is 30.1 Å². The molecule has 0 aromatic heterocycles. The molecule has 0 heterocycles. The largest absolute Gasteiger partial charge is 0.453 e. The Morgan fingerprint density at radius 2 is 1.65 bits per heavy atom. The standard InChI is InChI=1S/C19H17ClFNO4/c1-12(19(25)22-16-8-4-14(20)5-9-16)26-18(24)11-10-17(23)13-2-6-15(21)7-3-13/h2-9,12H,10-11H2,1H3,(H,22,25)/t12-/m1/s1. The quantitative estimate of drug-likeness (QED) is 0.584. The highest BCUT2D eigenvalue weighted by Crippen LogP contribution is 2.14. The van der Waals surface area contributed by atoms with Crippen molar-refractivity contribution in [3.8, 4) is 0 Å². The van der Waals surface area contributed by atoms with Gasteiger partial charge in [0, 0.05) is 22.7 Å². The molecule has 2 aromatic carbocycles. The van der Waals surface area contributed by atoms with Crippen LogP contribution in [-0.2, 0) is 14.3 Å². The number of benzene rings is 2. The number of nitrogens with one attached hydrogen (secondary N) is 1. The molecule has 7 heteroatoms. The number of Topliss-reactive ketones (excluding diaryl/α,β-unsaturated/α-hetero) is 1. The summed E-state index contributed by atoms with van der Waals surface area (Å²) in [7, 11) is 0. The second kappa shape index (κ2) is 9.10. The van der Waals surface area contributed by atoms with Crippen LogP contribution in [0.25, 0.3) is 0 Å². The van der Waals surface area contributed by atoms with Crippen LogP contribution in [0.5, 0.6) is 0 Å². The Hall–Kier alpha value is -2.73. The van der Waals surface area contributed by atoms with E-state index in [9.17, 15) is 18.8 Å². The van der Waals surface area contributed by atoms with Crippen molar-refractivity contribution in [1.29, 1.82) is 0 Å². The maximum absolute atomic E-state index is 12.8. The molecule has 1 amide bonds. The number of esters is 1. The summed E-state index contributed by atoms with van der Waals surface area (Å²) in [5.74, 6) is -1.91. The third-order valence-corrected chi connectivity index (χ3v) is 3.76. The normalized spacial score (nSPS) is 11.5. The van der Waals surface area contributed by atoms with Gasteiger partial charge in [-0.05, 0) is 55.5 Å². The fraction of sp³-hybridized carbons (Fsp3) is 0.211. The van der Waals surface area contributed by atoms with Gasteiger partial charge in [0.05, 0.1) is 6.42 Å². The van der Waals surface area contributed by atoms with Gasteiger partial charge in [-0.2, -0.15) is 0 Å². The van der Waals surface area contributed by atoms with Crippen LogP contribution in [0, 0.1) is 5.82 Å². The van der Waals surface area contributed by atoms with E-state index < -0.39 is 23.8 Å².